The van der Waals surface area contributed by atoms with E-state index in [4.69, 9.17) is 15.5 Å². The summed E-state index contributed by atoms with van der Waals surface area (Å²) in [6.07, 6.45) is 1.83. The predicted molar refractivity (Wildman–Crippen MR) is 132 cm³/mol. The van der Waals surface area contributed by atoms with Crippen LogP contribution in [0.5, 0.6) is 11.8 Å². The molecule has 10 heteroatoms. The SMILES string of the molecule is CNc1cc(F)cc2c1[nH]c1nc(Oc3ccc([C@@H](C)O)nc3)nc(N3CC4[C@H](N)CC4(C)C3)c12. The van der Waals surface area contributed by atoms with Gasteiger partial charge in [0.25, 0.3) is 0 Å². The molecule has 1 saturated heterocycles. The highest BCUT2D eigenvalue weighted by Crippen LogP contribution is 2.52. The summed E-state index contributed by atoms with van der Waals surface area (Å²) >= 11 is 0. The Kier molecular flexibility index (Phi) is 4.87. The number of rotatable bonds is 5. The third kappa shape index (κ3) is 3.47. The molecule has 35 heavy (non-hydrogen) atoms. The molecular weight excluding hydrogens is 449 g/mol. The molecule has 0 radical (unpaired) electrons. The number of halogens is 1. The van der Waals surface area contributed by atoms with Crippen molar-refractivity contribution >= 4 is 33.4 Å². The molecule has 2 fully saturated rings. The van der Waals surface area contributed by atoms with E-state index in [-0.39, 0.29) is 23.3 Å². The van der Waals surface area contributed by atoms with E-state index in [0.29, 0.717) is 39.9 Å². The van der Waals surface area contributed by atoms with Crippen molar-refractivity contribution in [1.29, 1.82) is 0 Å². The van der Waals surface area contributed by atoms with Crippen molar-refractivity contribution in [3.8, 4) is 11.8 Å². The van der Waals surface area contributed by atoms with Crippen LogP contribution in [0.4, 0.5) is 15.9 Å². The molecule has 3 aromatic heterocycles. The lowest BCUT2D eigenvalue weighted by atomic mass is 9.60. The standard InChI is InChI=1S/C25H28FN7O2/c1-12(34)18-5-4-14(9-29-18)35-24-31-22-20(15-6-13(26)7-19(28-3)21(15)30-22)23(32-24)33-10-16-17(27)8-25(16,2)11-33/h4-7,9,12,16-17,28,34H,8,10-11,27H2,1-3H3,(H,30,31,32)/t12-,16?,17-,25?/m1/s1. The summed E-state index contributed by atoms with van der Waals surface area (Å²) in [5.74, 6) is 1.19. The van der Waals surface area contributed by atoms with Crippen molar-refractivity contribution in [1.82, 2.24) is 19.9 Å². The zero-order valence-electron chi connectivity index (χ0n) is 19.8. The number of aliphatic hydroxyl groups is 1. The molecule has 182 valence electrons. The van der Waals surface area contributed by atoms with E-state index < -0.39 is 6.10 Å². The van der Waals surface area contributed by atoms with E-state index in [1.54, 1.807) is 26.1 Å². The normalized spacial score (nSPS) is 24.5. The lowest BCUT2D eigenvalue weighted by Crippen LogP contribution is -2.53. The first-order chi connectivity index (χ1) is 16.8. The van der Waals surface area contributed by atoms with Crippen LogP contribution in [-0.2, 0) is 0 Å². The van der Waals surface area contributed by atoms with Crippen LogP contribution in [0.15, 0.2) is 30.5 Å². The molecule has 2 aliphatic rings. The summed E-state index contributed by atoms with van der Waals surface area (Å²) in [5.41, 5.74) is 8.95. The number of anilines is 2. The highest BCUT2D eigenvalue weighted by atomic mass is 19.1. The maximum Gasteiger partial charge on any atom is 0.326 e. The van der Waals surface area contributed by atoms with Crippen molar-refractivity contribution in [3.63, 3.8) is 0 Å². The van der Waals surface area contributed by atoms with E-state index in [2.05, 4.69) is 32.1 Å². The minimum Gasteiger partial charge on any atom is -0.423 e. The second-order valence-electron chi connectivity index (χ2n) is 10.0. The molecule has 4 aromatic rings. The van der Waals surface area contributed by atoms with Crippen molar-refractivity contribution in [2.75, 3.05) is 30.4 Å². The zero-order valence-corrected chi connectivity index (χ0v) is 19.8. The first-order valence-electron chi connectivity index (χ1n) is 11.8. The number of hydrogen-bond donors (Lipinski definition) is 4. The first-order valence-corrected chi connectivity index (χ1v) is 11.8. The fraction of sp³-hybridized carbons (Fsp3) is 0.400. The number of aliphatic hydroxyl groups excluding tert-OH is 1. The molecule has 4 heterocycles. The van der Waals surface area contributed by atoms with Crippen LogP contribution in [0.2, 0.25) is 0 Å². The Morgan fingerprint density at radius 1 is 1.34 bits per heavy atom. The number of nitrogens with two attached hydrogens (primary N) is 1. The largest absolute Gasteiger partial charge is 0.423 e. The molecule has 2 unspecified atom stereocenters. The Morgan fingerprint density at radius 2 is 2.17 bits per heavy atom. The Labute approximate surface area is 201 Å². The number of pyridine rings is 1. The second kappa shape index (κ2) is 7.76. The summed E-state index contributed by atoms with van der Waals surface area (Å²) in [5, 5.41) is 14.2. The topological polar surface area (TPSA) is 125 Å². The van der Waals surface area contributed by atoms with Crippen LogP contribution >= 0.6 is 0 Å². The zero-order chi connectivity index (χ0) is 24.5. The average Bonchev–Trinajstić information content (AvgIpc) is 3.32. The average molecular weight is 478 g/mol. The van der Waals surface area contributed by atoms with Gasteiger partial charge in [0.15, 0.2) is 0 Å². The molecule has 0 spiro atoms. The Hall–Kier alpha value is -3.50. The van der Waals surface area contributed by atoms with Crippen LogP contribution in [0.1, 0.15) is 32.1 Å². The van der Waals surface area contributed by atoms with E-state index in [9.17, 15) is 9.50 Å². The molecule has 0 amide bonds. The lowest BCUT2D eigenvalue weighted by Gasteiger charge is -2.46. The molecule has 1 aromatic carbocycles. The number of fused-ring (bicyclic) bond motifs is 4. The molecule has 5 N–H and O–H groups in total. The van der Waals surface area contributed by atoms with Gasteiger partial charge in [0.1, 0.15) is 23.0 Å². The fourth-order valence-electron chi connectivity index (χ4n) is 5.73. The fourth-order valence-corrected chi connectivity index (χ4v) is 5.73. The molecule has 1 aliphatic heterocycles. The summed E-state index contributed by atoms with van der Waals surface area (Å²) in [7, 11) is 1.76. The summed E-state index contributed by atoms with van der Waals surface area (Å²) in [6, 6.07) is 6.72. The van der Waals surface area contributed by atoms with Crippen LogP contribution in [-0.4, -0.2) is 51.2 Å². The smallest absolute Gasteiger partial charge is 0.326 e. The monoisotopic (exact) mass is 477 g/mol. The second-order valence-corrected chi connectivity index (χ2v) is 10.0. The van der Waals surface area contributed by atoms with Gasteiger partial charge in [-0.1, -0.05) is 6.92 Å². The van der Waals surface area contributed by atoms with Gasteiger partial charge in [-0.15, -0.1) is 0 Å². The van der Waals surface area contributed by atoms with Crippen molar-refractivity contribution in [2.24, 2.45) is 17.1 Å². The van der Waals surface area contributed by atoms with Gasteiger partial charge in [-0.2, -0.15) is 9.97 Å². The predicted octanol–water partition coefficient (Wildman–Crippen LogP) is 3.71. The number of ether oxygens (including phenoxy) is 1. The van der Waals surface area contributed by atoms with Gasteiger partial charge < -0.3 is 30.8 Å². The molecule has 0 bridgehead atoms. The molecule has 9 nitrogen and oxygen atoms in total. The van der Waals surface area contributed by atoms with Gasteiger partial charge in [0, 0.05) is 31.6 Å². The number of nitrogens with zero attached hydrogens (tertiary/aromatic N) is 4. The molecular formula is C25H28FN7O2. The van der Waals surface area contributed by atoms with E-state index in [1.165, 1.54) is 18.3 Å². The Bertz CT molecular complexity index is 1440. The highest BCUT2D eigenvalue weighted by Gasteiger charge is 2.55. The number of benzene rings is 1. The number of aromatic nitrogens is 4. The quantitative estimate of drug-likeness (QED) is 0.343. The summed E-state index contributed by atoms with van der Waals surface area (Å²) in [6.45, 7) is 5.50. The third-order valence-electron chi connectivity index (χ3n) is 7.53. The number of H-pyrrole nitrogens is 1. The maximum absolute atomic E-state index is 14.5. The number of aromatic amines is 1. The van der Waals surface area contributed by atoms with Crippen LogP contribution in [0, 0.1) is 17.2 Å². The maximum atomic E-state index is 14.5. The molecule has 4 atom stereocenters. The van der Waals surface area contributed by atoms with Gasteiger partial charge in [-0.3, -0.25) is 4.98 Å². The van der Waals surface area contributed by atoms with E-state index in [0.717, 1.165) is 30.4 Å². The first kappa shape index (κ1) is 22.0. The van der Waals surface area contributed by atoms with Crippen molar-refractivity contribution in [2.45, 2.75) is 32.4 Å². The summed E-state index contributed by atoms with van der Waals surface area (Å²) < 4.78 is 20.5. The van der Waals surface area contributed by atoms with Gasteiger partial charge in [-0.05, 0) is 48.9 Å². The molecule has 1 saturated carbocycles. The third-order valence-corrected chi connectivity index (χ3v) is 7.53. The van der Waals surface area contributed by atoms with Crippen molar-refractivity contribution in [3.05, 3.63) is 42.0 Å². The van der Waals surface area contributed by atoms with Gasteiger partial charge in [0.2, 0.25) is 0 Å². The van der Waals surface area contributed by atoms with Crippen LogP contribution in [0.3, 0.4) is 0 Å². The van der Waals surface area contributed by atoms with E-state index in [1.807, 2.05) is 0 Å². The number of hydrogen-bond acceptors (Lipinski definition) is 8. The van der Waals surface area contributed by atoms with Gasteiger partial charge >= 0.3 is 6.01 Å². The Balaban J connectivity index is 1.49. The highest BCUT2D eigenvalue weighted by molar-refractivity contribution is 6.14. The Morgan fingerprint density at radius 3 is 2.83 bits per heavy atom. The lowest BCUT2D eigenvalue weighted by molar-refractivity contribution is 0.0771. The van der Waals surface area contributed by atoms with Gasteiger partial charge in [0.05, 0.1) is 34.6 Å². The molecule has 6 rings (SSSR count). The summed E-state index contributed by atoms with van der Waals surface area (Å²) in [4.78, 5) is 19.2. The minimum atomic E-state index is -0.672. The van der Waals surface area contributed by atoms with Gasteiger partial charge in [-0.25, -0.2) is 4.39 Å². The van der Waals surface area contributed by atoms with E-state index >= 15 is 0 Å². The minimum absolute atomic E-state index is 0.131. The number of nitrogens with one attached hydrogen (secondary N) is 2. The molecule has 1 aliphatic carbocycles. The van der Waals surface area contributed by atoms with Crippen LogP contribution < -0.4 is 20.7 Å². The van der Waals surface area contributed by atoms with Crippen molar-refractivity contribution < 1.29 is 14.2 Å². The van der Waals surface area contributed by atoms with Crippen LogP contribution in [0.25, 0.3) is 21.9 Å².